The van der Waals surface area contributed by atoms with Gasteiger partial charge in [0.05, 0.1) is 0 Å². The zero-order chi connectivity index (χ0) is 19.1. The minimum absolute atomic E-state index is 0.130. The summed E-state index contributed by atoms with van der Waals surface area (Å²) in [5, 5.41) is 12.2. The lowest BCUT2D eigenvalue weighted by Crippen LogP contribution is -2.23. The third-order valence-corrected chi connectivity index (χ3v) is 4.50. The van der Waals surface area contributed by atoms with Gasteiger partial charge in [0.1, 0.15) is 11.6 Å². The predicted octanol–water partition coefficient (Wildman–Crippen LogP) is 4.37. The Morgan fingerprint density at radius 2 is 1.96 bits per heavy atom. The third kappa shape index (κ3) is 5.10. The van der Waals surface area contributed by atoms with Crippen LogP contribution in [0.3, 0.4) is 0 Å². The molecule has 1 aromatic carbocycles. The molecule has 0 atom stereocenters. The number of nitrogens with one attached hydrogen (secondary N) is 1. The van der Waals surface area contributed by atoms with Gasteiger partial charge in [-0.2, -0.15) is 5.26 Å². The number of aromatic nitrogens is 1. The molecule has 1 amide bonds. The molecule has 0 radical (unpaired) electrons. The van der Waals surface area contributed by atoms with Gasteiger partial charge >= 0.3 is 0 Å². The van der Waals surface area contributed by atoms with Gasteiger partial charge < -0.3 is 9.88 Å². The summed E-state index contributed by atoms with van der Waals surface area (Å²) in [6, 6.07) is 13.7. The van der Waals surface area contributed by atoms with Gasteiger partial charge in [-0.05, 0) is 49.5 Å². The molecular formula is C22H27N3O. The summed E-state index contributed by atoms with van der Waals surface area (Å²) >= 11 is 0. The van der Waals surface area contributed by atoms with E-state index >= 15 is 0 Å². The van der Waals surface area contributed by atoms with E-state index < -0.39 is 0 Å². The van der Waals surface area contributed by atoms with Crippen molar-refractivity contribution in [2.75, 3.05) is 0 Å². The summed E-state index contributed by atoms with van der Waals surface area (Å²) < 4.78 is 2.25. The Labute approximate surface area is 156 Å². The first-order valence-corrected chi connectivity index (χ1v) is 9.03. The minimum Gasteiger partial charge on any atom is -0.349 e. The van der Waals surface area contributed by atoms with Gasteiger partial charge in [0.2, 0.25) is 0 Å². The van der Waals surface area contributed by atoms with E-state index in [0.717, 1.165) is 35.5 Å². The fourth-order valence-corrected chi connectivity index (χ4v) is 2.88. The highest BCUT2D eigenvalue weighted by Crippen LogP contribution is 2.19. The van der Waals surface area contributed by atoms with Crippen molar-refractivity contribution in [2.45, 2.75) is 47.2 Å². The van der Waals surface area contributed by atoms with E-state index in [0.29, 0.717) is 12.5 Å². The lowest BCUT2D eigenvalue weighted by Gasteiger charge is -2.11. The van der Waals surface area contributed by atoms with E-state index in [4.69, 9.17) is 0 Å². The van der Waals surface area contributed by atoms with Crippen LogP contribution in [0, 0.1) is 31.1 Å². The number of rotatable bonds is 7. The molecule has 2 rings (SSSR count). The second kappa shape index (κ2) is 9.05. The molecule has 1 aromatic heterocycles. The molecule has 0 spiro atoms. The van der Waals surface area contributed by atoms with Gasteiger partial charge in [0.25, 0.3) is 5.91 Å². The Bertz CT molecular complexity index is 823. The van der Waals surface area contributed by atoms with Crippen LogP contribution in [0.1, 0.15) is 42.8 Å². The molecule has 0 aliphatic carbocycles. The van der Waals surface area contributed by atoms with Gasteiger partial charge in [0.15, 0.2) is 0 Å². The zero-order valence-electron chi connectivity index (χ0n) is 16.0. The van der Waals surface area contributed by atoms with Crippen LogP contribution in [0.5, 0.6) is 0 Å². The molecule has 1 heterocycles. The zero-order valence-corrected chi connectivity index (χ0v) is 16.0. The second-order valence-electron chi connectivity index (χ2n) is 7.00. The van der Waals surface area contributed by atoms with Crippen molar-refractivity contribution in [3.8, 4) is 6.07 Å². The predicted molar refractivity (Wildman–Crippen MR) is 105 cm³/mol. The van der Waals surface area contributed by atoms with E-state index in [9.17, 15) is 10.1 Å². The number of benzene rings is 1. The first-order chi connectivity index (χ1) is 12.4. The number of amides is 1. The Balaban J connectivity index is 2.14. The normalized spacial score (nSPS) is 11.5. The molecule has 136 valence electrons. The summed E-state index contributed by atoms with van der Waals surface area (Å²) in [5.74, 6) is 0.289. The lowest BCUT2D eigenvalue weighted by molar-refractivity contribution is -0.117. The molecule has 4 heteroatoms. The van der Waals surface area contributed by atoms with Crippen LogP contribution < -0.4 is 5.32 Å². The summed E-state index contributed by atoms with van der Waals surface area (Å²) in [4.78, 5) is 12.4. The Morgan fingerprint density at radius 3 is 2.58 bits per heavy atom. The van der Waals surface area contributed by atoms with Crippen molar-refractivity contribution in [1.29, 1.82) is 5.26 Å². The van der Waals surface area contributed by atoms with Crippen LogP contribution in [-0.2, 0) is 17.9 Å². The molecule has 0 bridgehead atoms. The number of nitriles is 1. The largest absolute Gasteiger partial charge is 0.349 e. The van der Waals surface area contributed by atoms with Gasteiger partial charge in [-0.3, -0.25) is 4.79 Å². The van der Waals surface area contributed by atoms with Gasteiger partial charge in [0, 0.05) is 24.5 Å². The van der Waals surface area contributed by atoms with Crippen LogP contribution in [0.25, 0.3) is 6.08 Å². The van der Waals surface area contributed by atoms with Crippen molar-refractivity contribution < 1.29 is 4.79 Å². The molecule has 0 fully saturated rings. The number of hydrogen-bond acceptors (Lipinski definition) is 2. The van der Waals surface area contributed by atoms with Crippen LogP contribution in [0.4, 0.5) is 0 Å². The van der Waals surface area contributed by atoms with E-state index in [-0.39, 0.29) is 11.5 Å². The maximum Gasteiger partial charge on any atom is 0.262 e. The maximum absolute atomic E-state index is 12.4. The molecule has 26 heavy (non-hydrogen) atoms. The standard InChI is InChI=1S/C22H27N3O/c1-16(2)10-11-25-17(3)12-20(18(25)4)13-21(14-23)22(26)24-15-19-8-6-5-7-9-19/h5-9,12-13,16H,10-11,15H2,1-4H3,(H,24,26)/b21-13+. The fraction of sp³-hybridized carbons (Fsp3) is 0.364. The smallest absolute Gasteiger partial charge is 0.262 e. The highest BCUT2D eigenvalue weighted by atomic mass is 16.1. The number of nitrogens with zero attached hydrogens (tertiary/aromatic N) is 2. The number of hydrogen-bond donors (Lipinski definition) is 1. The average Bonchev–Trinajstić information content (AvgIpc) is 2.89. The highest BCUT2D eigenvalue weighted by molar-refractivity contribution is 6.01. The monoisotopic (exact) mass is 349 g/mol. The number of carbonyl (C=O) groups excluding carboxylic acids is 1. The quantitative estimate of drug-likeness (QED) is 0.596. The fourth-order valence-electron chi connectivity index (χ4n) is 2.88. The topological polar surface area (TPSA) is 57.8 Å². The summed E-state index contributed by atoms with van der Waals surface area (Å²) in [6.07, 6.45) is 2.79. The van der Waals surface area contributed by atoms with E-state index in [2.05, 4.69) is 30.7 Å². The lowest BCUT2D eigenvalue weighted by atomic mass is 10.1. The molecule has 2 aromatic rings. The highest BCUT2D eigenvalue weighted by Gasteiger charge is 2.13. The van der Waals surface area contributed by atoms with Crippen LogP contribution in [-0.4, -0.2) is 10.5 Å². The summed E-state index contributed by atoms with van der Waals surface area (Å²) in [5.41, 5.74) is 4.30. The van der Waals surface area contributed by atoms with Crippen molar-refractivity contribution >= 4 is 12.0 Å². The molecule has 1 N–H and O–H groups in total. The van der Waals surface area contributed by atoms with Crippen molar-refractivity contribution in [2.24, 2.45) is 5.92 Å². The average molecular weight is 349 g/mol. The van der Waals surface area contributed by atoms with Gasteiger partial charge in [-0.25, -0.2) is 0 Å². The summed E-state index contributed by atoms with van der Waals surface area (Å²) in [7, 11) is 0. The van der Waals surface area contributed by atoms with Crippen molar-refractivity contribution in [1.82, 2.24) is 9.88 Å². The molecule has 4 nitrogen and oxygen atoms in total. The first-order valence-electron chi connectivity index (χ1n) is 9.03. The molecule has 0 aliphatic rings. The third-order valence-electron chi connectivity index (χ3n) is 4.50. The number of carbonyl (C=O) groups is 1. The molecule has 0 saturated heterocycles. The van der Waals surface area contributed by atoms with E-state index in [1.54, 1.807) is 6.08 Å². The van der Waals surface area contributed by atoms with E-state index in [1.807, 2.05) is 49.4 Å². The summed E-state index contributed by atoms with van der Waals surface area (Å²) in [6.45, 7) is 9.87. The Kier molecular flexibility index (Phi) is 6.80. The molecule has 0 unspecified atom stereocenters. The van der Waals surface area contributed by atoms with Crippen molar-refractivity contribution in [3.05, 3.63) is 64.5 Å². The second-order valence-corrected chi connectivity index (χ2v) is 7.00. The first kappa shape index (κ1) is 19.5. The Hall–Kier alpha value is -2.80. The molecule has 0 saturated carbocycles. The molecular weight excluding hydrogens is 322 g/mol. The van der Waals surface area contributed by atoms with Gasteiger partial charge in [-0.1, -0.05) is 44.2 Å². The van der Waals surface area contributed by atoms with Crippen LogP contribution >= 0.6 is 0 Å². The van der Waals surface area contributed by atoms with Crippen molar-refractivity contribution in [3.63, 3.8) is 0 Å². The van der Waals surface area contributed by atoms with Gasteiger partial charge in [-0.15, -0.1) is 0 Å². The Morgan fingerprint density at radius 1 is 1.27 bits per heavy atom. The maximum atomic E-state index is 12.4. The minimum atomic E-state index is -0.344. The number of aryl methyl sites for hydroxylation is 1. The molecule has 0 aliphatic heterocycles. The SMILES string of the molecule is Cc1cc(/C=C(\C#N)C(=O)NCc2ccccc2)c(C)n1CCC(C)C. The van der Waals surface area contributed by atoms with Crippen LogP contribution in [0.15, 0.2) is 42.0 Å². The van der Waals surface area contributed by atoms with Crippen LogP contribution in [0.2, 0.25) is 0 Å². The van der Waals surface area contributed by atoms with E-state index in [1.165, 1.54) is 0 Å².